The molecule has 0 fully saturated rings. The van der Waals surface area contributed by atoms with E-state index in [0.29, 0.717) is 0 Å². The topological polar surface area (TPSA) is 124 Å². The first kappa shape index (κ1) is 16.8. The lowest BCUT2D eigenvalue weighted by molar-refractivity contribution is -0.120. The second-order valence-electron chi connectivity index (χ2n) is 4.91. The summed E-state index contributed by atoms with van der Waals surface area (Å²) in [6, 6.07) is 3.43. The summed E-state index contributed by atoms with van der Waals surface area (Å²) in [7, 11) is -3.18. The van der Waals surface area contributed by atoms with Crippen LogP contribution in [0.5, 0.6) is 0 Å². The van der Waals surface area contributed by atoms with E-state index >= 15 is 0 Å². The number of hydrogen-bond acceptors (Lipinski definition) is 6. The van der Waals surface area contributed by atoms with Crippen LogP contribution in [0.1, 0.15) is 24.2 Å². The van der Waals surface area contributed by atoms with Crippen molar-refractivity contribution in [2.24, 2.45) is 5.14 Å². The predicted octanol–water partition coefficient (Wildman–Crippen LogP) is 0.330. The number of rotatable bonds is 3. The zero-order valence-electron chi connectivity index (χ0n) is 12.6. The Kier molecular flexibility index (Phi) is 4.10. The Balaban J connectivity index is 2.63. The summed E-state index contributed by atoms with van der Waals surface area (Å²) in [6.07, 6.45) is 0. The molecule has 0 bridgehead atoms. The van der Waals surface area contributed by atoms with Gasteiger partial charge in [0.25, 0.3) is 11.8 Å². The second kappa shape index (κ2) is 5.60. The Labute approximate surface area is 132 Å². The van der Waals surface area contributed by atoms with Crippen LogP contribution in [0.15, 0.2) is 34.2 Å². The van der Waals surface area contributed by atoms with Crippen molar-refractivity contribution in [3.63, 3.8) is 0 Å². The first-order chi connectivity index (χ1) is 10.6. The molecule has 0 aromatic heterocycles. The summed E-state index contributed by atoms with van der Waals surface area (Å²) < 4.78 is 27.9. The fourth-order valence-electron chi connectivity index (χ4n) is 2.15. The molecule has 2 N–H and O–H groups in total. The van der Waals surface area contributed by atoms with Gasteiger partial charge < -0.3 is 4.74 Å². The van der Waals surface area contributed by atoms with E-state index in [9.17, 15) is 22.8 Å². The second-order valence-corrected chi connectivity index (χ2v) is 6.44. The molecule has 0 saturated carbocycles. The predicted molar refractivity (Wildman–Crippen MR) is 80.0 cm³/mol. The van der Waals surface area contributed by atoms with Crippen molar-refractivity contribution in [2.45, 2.75) is 18.7 Å². The van der Waals surface area contributed by atoms with E-state index in [0.717, 1.165) is 24.1 Å². The summed E-state index contributed by atoms with van der Waals surface area (Å²) in [5.41, 5.74) is 0.264. The number of imide groups is 1. The van der Waals surface area contributed by atoms with E-state index in [1.54, 1.807) is 0 Å². The Morgan fingerprint density at radius 2 is 1.65 bits per heavy atom. The maximum absolute atomic E-state index is 12.1. The number of carbonyl (C=O) groups excluding carboxylic acids is 3. The van der Waals surface area contributed by atoms with E-state index < -0.39 is 32.7 Å². The monoisotopic (exact) mass is 338 g/mol. The smallest absolute Gasteiger partial charge is 0.339 e. The largest absolute Gasteiger partial charge is 0.465 e. The van der Waals surface area contributed by atoms with Gasteiger partial charge >= 0.3 is 5.97 Å². The lowest BCUT2D eigenvalue weighted by atomic mass is 10.2. The molecule has 0 atom stereocenters. The normalized spacial score (nSPS) is 15.4. The number of benzene rings is 1. The van der Waals surface area contributed by atoms with Gasteiger partial charge in [-0.3, -0.25) is 9.59 Å². The van der Waals surface area contributed by atoms with E-state index in [1.807, 2.05) is 0 Å². The minimum absolute atomic E-state index is 0.00729. The third-order valence-electron chi connectivity index (χ3n) is 3.55. The molecule has 122 valence electrons. The third-order valence-corrected chi connectivity index (χ3v) is 4.50. The molecular weight excluding hydrogens is 324 g/mol. The van der Waals surface area contributed by atoms with Gasteiger partial charge in [0.05, 0.1) is 23.3 Å². The van der Waals surface area contributed by atoms with E-state index in [4.69, 9.17) is 5.14 Å². The van der Waals surface area contributed by atoms with Crippen molar-refractivity contribution < 1.29 is 27.5 Å². The van der Waals surface area contributed by atoms with Gasteiger partial charge in [0.15, 0.2) is 0 Å². The molecule has 1 aromatic carbocycles. The molecule has 1 aliphatic rings. The van der Waals surface area contributed by atoms with Crippen LogP contribution in [-0.2, 0) is 24.3 Å². The number of esters is 1. The quantitative estimate of drug-likeness (QED) is 0.625. The number of sulfonamides is 1. The molecule has 1 aromatic rings. The third kappa shape index (κ3) is 2.76. The highest BCUT2D eigenvalue weighted by Gasteiger charge is 2.35. The van der Waals surface area contributed by atoms with Crippen LogP contribution in [0.2, 0.25) is 0 Å². The van der Waals surface area contributed by atoms with Crippen molar-refractivity contribution in [1.82, 2.24) is 0 Å². The zero-order valence-corrected chi connectivity index (χ0v) is 13.4. The number of methoxy groups -OCH3 is 1. The Hall–Kier alpha value is -2.52. The molecule has 2 rings (SSSR count). The minimum atomic E-state index is -4.27. The number of amides is 2. The van der Waals surface area contributed by atoms with Gasteiger partial charge in [-0.25, -0.2) is 23.3 Å². The van der Waals surface area contributed by atoms with Crippen LogP contribution in [0.4, 0.5) is 5.69 Å². The van der Waals surface area contributed by atoms with Gasteiger partial charge in [-0.15, -0.1) is 0 Å². The summed E-state index contributed by atoms with van der Waals surface area (Å²) in [6.45, 7) is 3.00. The first-order valence-electron chi connectivity index (χ1n) is 6.41. The lowest BCUT2D eigenvalue weighted by Crippen LogP contribution is -2.31. The molecule has 2 amide bonds. The average molecular weight is 338 g/mol. The van der Waals surface area contributed by atoms with E-state index in [2.05, 4.69) is 4.74 Å². The highest BCUT2D eigenvalue weighted by molar-refractivity contribution is 7.89. The number of nitrogens with two attached hydrogens (primary N) is 1. The summed E-state index contributed by atoms with van der Waals surface area (Å²) in [5.74, 6) is -2.01. The molecule has 0 spiro atoms. The summed E-state index contributed by atoms with van der Waals surface area (Å²) in [4.78, 5) is 36.2. The fraction of sp³-hybridized carbons (Fsp3) is 0.214. The molecule has 0 unspecified atom stereocenters. The standard InChI is InChI=1S/C14H14N2O6S/c1-7-8(2)13(18)16(12(7)17)9-4-5-10(14(19)22-3)11(6-9)23(15,20)21/h4-6H,1-3H3,(H2,15,20,21). The fourth-order valence-corrected chi connectivity index (χ4v) is 2.89. The molecule has 1 heterocycles. The molecule has 0 radical (unpaired) electrons. The van der Waals surface area contributed by atoms with Crippen molar-refractivity contribution in [3.05, 3.63) is 34.9 Å². The number of primary sulfonamides is 1. The van der Waals surface area contributed by atoms with Crippen LogP contribution in [-0.4, -0.2) is 33.3 Å². The van der Waals surface area contributed by atoms with Crippen molar-refractivity contribution in [1.29, 1.82) is 0 Å². The van der Waals surface area contributed by atoms with Gasteiger partial charge in [0.2, 0.25) is 10.0 Å². The molecule has 0 saturated heterocycles. The van der Waals surface area contributed by atoms with Crippen LogP contribution in [0.25, 0.3) is 0 Å². The van der Waals surface area contributed by atoms with Gasteiger partial charge in [0.1, 0.15) is 0 Å². The number of nitrogens with zero attached hydrogens (tertiary/aromatic N) is 1. The Morgan fingerprint density at radius 1 is 1.13 bits per heavy atom. The number of ether oxygens (including phenoxy) is 1. The summed E-state index contributed by atoms with van der Waals surface area (Å²) >= 11 is 0. The van der Waals surface area contributed by atoms with E-state index in [-0.39, 0.29) is 22.4 Å². The highest BCUT2D eigenvalue weighted by atomic mass is 32.2. The van der Waals surface area contributed by atoms with Gasteiger partial charge in [-0.05, 0) is 32.0 Å². The number of carbonyl (C=O) groups is 3. The molecule has 0 aliphatic carbocycles. The van der Waals surface area contributed by atoms with Crippen molar-refractivity contribution in [3.8, 4) is 0 Å². The molecule has 8 nitrogen and oxygen atoms in total. The van der Waals surface area contributed by atoms with Gasteiger partial charge in [-0.1, -0.05) is 0 Å². The lowest BCUT2D eigenvalue weighted by Gasteiger charge is -2.17. The first-order valence-corrected chi connectivity index (χ1v) is 7.95. The molecular formula is C14H14N2O6S. The van der Waals surface area contributed by atoms with Crippen LogP contribution < -0.4 is 10.0 Å². The van der Waals surface area contributed by atoms with E-state index in [1.165, 1.54) is 19.9 Å². The zero-order chi connectivity index (χ0) is 17.5. The average Bonchev–Trinajstić information content (AvgIpc) is 2.69. The summed E-state index contributed by atoms with van der Waals surface area (Å²) in [5, 5.41) is 5.11. The highest BCUT2D eigenvalue weighted by Crippen LogP contribution is 2.29. The maximum Gasteiger partial charge on any atom is 0.339 e. The number of hydrogen-bond donors (Lipinski definition) is 1. The molecule has 1 aliphatic heterocycles. The SMILES string of the molecule is COC(=O)c1ccc(N2C(=O)C(C)=C(C)C2=O)cc1S(N)(=O)=O. The van der Waals surface area contributed by atoms with Crippen LogP contribution in [0.3, 0.4) is 0 Å². The van der Waals surface area contributed by atoms with Crippen molar-refractivity contribution >= 4 is 33.5 Å². The minimum Gasteiger partial charge on any atom is -0.465 e. The molecule has 23 heavy (non-hydrogen) atoms. The number of anilines is 1. The van der Waals surface area contributed by atoms with Gasteiger partial charge in [0, 0.05) is 11.1 Å². The maximum atomic E-state index is 12.1. The van der Waals surface area contributed by atoms with Gasteiger partial charge in [-0.2, -0.15) is 0 Å². The Bertz CT molecular complexity index is 845. The molecule has 9 heteroatoms. The van der Waals surface area contributed by atoms with Crippen molar-refractivity contribution in [2.75, 3.05) is 12.0 Å². The van der Waals surface area contributed by atoms with Crippen LogP contribution >= 0.6 is 0 Å². The van der Waals surface area contributed by atoms with Crippen LogP contribution in [0, 0.1) is 0 Å². The Morgan fingerprint density at radius 3 is 2.09 bits per heavy atom.